The molecular formula is C30H19N7S2. The summed E-state index contributed by atoms with van der Waals surface area (Å²) in [6, 6.07) is 27.2. The third-order valence-corrected chi connectivity index (χ3v) is 8.09. The molecule has 0 aliphatic heterocycles. The number of hydrogen-bond donors (Lipinski definition) is 0. The van der Waals surface area contributed by atoms with Crippen LogP contribution in [-0.2, 0) is 0 Å². The largest absolute Gasteiger partial charge is 0.351 e. The highest BCUT2D eigenvalue weighted by Crippen LogP contribution is 2.50. The number of nitriles is 1. The standard InChI is InChI=1S/C30H19N7S2/c1-18-8-12-20(13-9-18)37(21-14-10-19(2)11-15-21)30-23-7-5-4-6-22(23)28(38-30)24-17-33-29(34-25(16-31)32-3)27-26(24)35-39-36-27/h4-15,17H,1-2H3. The Morgan fingerprint density at radius 1 is 0.897 bits per heavy atom. The number of fused-ring (bicyclic) bond motifs is 2. The van der Waals surface area contributed by atoms with E-state index in [-0.39, 0.29) is 11.7 Å². The van der Waals surface area contributed by atoms with Crippen molar-refractivity contribution in [3.8, 4) is 16.5 Å². The summed E-state index contributed by atoms with van der Waals surface area (Å²) in [5.74, 6) is -0.0719. The maximum atomic E-state index is 9.18. The number of anilines is 3. The summed E-state index contributed by atoms with van der Waals surface area (Å²) >= 11 is 2.72. The van der Waals surface area contributed by atoms with Crippen molar-refractivity contribution in [2.45, 2.75) is 13.8 Å². The average Bonchev–Trinajstić information content (AvgIpc) is 3.60. The molecule has 3 aromatic carbocycles. The Bertz CT molecular complexity index is 1890. The Labute approximate surface area is 233 Å². The van der Waals surface area contributed by atoms with Gasteiger partial charge in [-0.25, -0.2) is 10.2 Å². The fourth-order valence-corrected chi connectivity index (χ4v) is 6.28. The molecule has 0 amide bonds. The van der Waals surface area contributed by atoms with Gasteiger partial charge in [-0.05, 0) is 38.1 Å². The van der Waals surface area contributed by atoms with E-state index >= 15 is 0 Å². The average molecular weight is 542 g/mol. The summed E-state index contributed by atoms with van der Waals surface area (Å²) in [5, 5.41) is 12.4. The predicted molar refractivity (Wildman–Crippen MR) is 159 cm³/mol. The van der Waals surface area contributed by atoms with Gasteiger partial charge in [0.05, 0.1) is 11.7 Å². The first-order valence-corrected chi connectivity index (χ1v) is 13.5. The van der Waals surface area contributed by atoms with Crippen molar-refractivity contribution >= 4 is 72.9 Å². The minimum absolute atomic E-state index is 0.220. The summed E-state index contributed by atoms with van der Waals surface area (Å²) in [5.41, 5.74) is 6.48. The molecule has 0 spiro atoms. The number of thiophene rings is 1. The first-order chi connectivity index (χ1) is 19.1. The molecule has 0 fully saturated rings. The molecule has 7 nitrogen and oxygen atoms in total. The third-order valence-electron chi connectivity index (χ3n) is 6.32. The van der Waals surface area contributed by atoms with Crippen LogP contribution >= 0.6 is 23.1 Å². The van der Waals surface area contributed by atoms with E-state index in [1.54, 1.807) is 23.6 Å². The molecule has 0 radical (unpaired) electrons. The number of amidine groups is 1. The summed E-state index contributed by atoms with van der Waals surface area (Å²) in [7, 11) is 0. The van der Waals surface area contributed by atoms with Gasteiger partial charge in [-0.3, -0.25) is 0 Å². The van der Waals surface area contributed by atoms with Gasteiger partial charge in [0.25, 0.3) is 5.82 Å². The van der Waals surface area contributed by atoms with Gasteiger partial charge in [-0.1, -0.05) is 71.2 Å². The highest BCUT2D eigenvalue weighted by atomic mass is 32.1. The Balaban J connectivity index is 1.60. The SMILES string of the molecule is [C-]#[N+]C(C#N)=Nc1ncc(-c2sc(N(c3ccc(C)cc3)c3ccc(C)cc3)c3ccccc23)c2nsnc12. The Hall–Kier alpha value is -4.96. The number of aliphatic imine (C=N–C) groups is 1. The van der Waals surface area contributed by atoms with Crippen LogP contribution in [0.5, 0.6) is 0 Å². The van der Waals surface area contributed by atoms with E-state index in [0.29, 0.717) is 11.0 Å². The molecule has 0 bridgehead atoms. The third kappa shape index (κ3) is 4.40. The van der Waals surface area contributed by atoms with Crippen LogP contribution < -0.4 is 4.90 Å². The lowest BCUT2D eigenvalue weighted by molar-refractivity contribution is 1.29. The van der Waals surface area contributed by atoms with Crippen molar-refractivity contribution in [1.29, 1.82) is 5.26 Å². The first kappa shape index (κ1) is 24.4. The molecular weight excluding hydrogens is 523 g/mol. The second-order valence-corrected chi connectivity index (χ2v) is 10.4. The zero-order chi connectivity index (χ0) is 26.9. The smallest absolute Gasteiger partial charge is 0.351 e. The van der Waals surface area contributed by atoms with Gasteiger partial charge in [-0.2, -0.15) is 8.75 Å². The number of rotatable bonds is 5. The van der Waals surface area contributed by atoms with E-state index in [9.17, 15) is 5.26 Å². The molecule has 39 heavy (non-hydrogen) atoms. The van der Waals surface area contributed by atoms with Crippen LogP contribution in [0.3, 0.4) is 0 Å². The zero-order valence-corrected chi connectivity index (χ0v) is 22.6. The minimum atomic E-state index is -0.291. The first-order valence-electron chi connectivity index (χ1n) is 12.0. The molecule has 0 aliphatic carbocycles. The van der Waals surface area contributed by atoms with Crippen molar-refractivity contribution < 1.29 is 0 Å². The molecule has 186 valence electrons. The molecule has 3 heterocycles. The Morgan fingerprint density at radius 3 is 2.13 bits per heavy atom. The molecule has 6 aromatic rings. The van der Waals surface area contributed by atoms with E-state index in [2.05, 4.69) is 109 Å². The Kier molecular flexibility index (Phi) is 6.29. The topological polar surface area (TPSA) is 82.4 Å². The lowest BCUT2D eigenvalue weighted by Gasteiger charge is -2.24. The molecule has 0 unspecified atom stereocenters. The van der Waals surface area contributed by atoms with Crippen LogP contribution in [0.4, 0.5) is 22.2 Å². The quantitative estimate of drug-likeness (QED) is 0.124. The Morgan fingerprint density at radius 2 is 1.51 bits per heavy atom. The van der Waals surface area contributed by atoms with Crippen LogP contribution in [0.25, 0.3) is 37.1 Å². The van der Waals surface area contributed by atoms with Crippen LogP contribution in [-0.4, -0.2) is 19.6 Å². The number of nitrogens with zero attached hydrogens (tertiary/aromatic N) is 7. The number of aryl methyl sites for hydroxylation is 2. The lowest BCUT2D eigenvalue weighted by atomic mass is 10.1. The van der Waals surface area contributed by atoms with Crippen molar-refractivity contribution in [2.75, 3.05) is 4.90 Å². The molecule has 0 N–H and O–H groups in total. The van der Waals surface area contributed by atoms with Gasteiger partial charge in [0.15, 0.2) is 5.52 Å². The fraction of sp³-hybridized carbons (Fsp3) is 0.0667. The number of benzene rings is 3. The molecule has 0 saturated heterocycles. The molecule has 0 aliphatic rings. The van der Waals surface area contributed by atoms with E-state index in [4.69, 9.17) is 6.57 Å². The van der Waals surface area contributed by atoms with Crippen LogP contribution in [0.1, 0.15) is 11.1 Å². The van der Waals surface area contributed by atoms with Gasteiger partial charge < -0.3 is 9.74 Å². The fourth-order valence-electron chi connectivity index (χ4n) is 4.39. The molecule has 0 atom stereocenters. The highest BCUT2D eigenvalue weighted by molar-refractivity contribution is 7.21. The van der Waals surface area contributed by atoms with Crippen LogP contribution in [0.15, 0.2) is 84.0 Å². The lowest BCUT2D eigenvalue weighted by Crippen LogP contribution is -2.08. The second-order valence-electron chi connectivity index (χ2n) is 8.90. The number of pyridine rings is 1. The summed E-state index contributed by atoms with van der Waals surface area (Å²) in [4.78, 5) is 15.1. The van der Waals surface area contributed by atoms with Crippen LogP contribution in [0, 0.1) is 31.8 Å². The summed E-state index contributed by atoms with van der Waals surface area (Å²) in [6.45, 7) is 11.3. The van der Waals surface area contributed by atoms with Crippen molar-refractivity contribution in [3.05, 3.63) is 102 Å². The monoisotopic (exact) mass is 541 g/mol. The minimum Gasteiger partial charge on any atom is -0.351 e. The normalized spacial score (nSPS) is 11.4. The van der Waals surface area contributed by atoms with E-state index in [1.165, 1.54) is 11.1 Å². The van der Waals surface area contributed by atoms with E-state index in [0.717, 1.165) is 49.3 Å². The number of aromatic nitrogens is 3. The second kappa shape index (κ2) is 10.1. The van der Waals surface area contributed by atoms with Gasteiger partial charge in [0.1, 0.15) is 16.6 Å². The molecule has 6 rings (SSSR count). The molecule has 0 saturated carbocycles. The van der Waals surface area contributed by atoms with Gasteiger partial charge in [-0.15, -0.1) is 11.3 Å². The van der Waals surface area contributed by atoms with Gasteiger partial charge in [0.2, 0.25) is 0 Å². The predicted octanol–water partition coefficient (Wildman–Crippen LogP) is 8.53. The van der Waals surface area contributed by atoms with E-state index < -0.39 is 0 Å². The summed E-state index contributed by atoms with van der Waals surface area (Å²) in [6.07, 6.45) is 1.71. The van der Waals surface area contributed by atoms with Gasteiger partial charge >= 0.3 is 5.84 Å². The molecule has 9 heteroatoms. The maximum absolute atomic E-state index is 9.18. The maximum Gasteiger partial charge on any atom is 0.351 e. The zero-order valence-electron chi connectivity index (χ0n) is 21.0. The van der Waals surface area contributed by atoms with Crippen molar-refractivity contribution in [3.63, 3.8) is 0 Å². The van der Waals surface area contributed by atoms with Crippen molar-refractivity contribution in [1.82, 2.24) is 13.7 Å². The number of hydrogen-bond acceptors (Lipinski definition) is 8. The van der Waals surface area contributed by atoms with Crippen LogP contribution in [0.2, 0.25) is 0 Å². The molecule has 3 aromatic heterocycles. The highest BCUT2D eigenvalue weighted by Gasteiger charge is 2.24. The van der Waals surface area contributed by atoms with Gasteiger partial charge in [0, 0.05) is 38.8 Å². The van der Waals surface area contributed by atoms with E-state index in [1.807, 2.05) is 6.07 Å². The summed E-state index contributed by atoms with van der Waals surface area (Å²) < 4.78 is 8.97. The van der Waals surface area contributed by atoms with Crippen molar-refractivity contribution in [2.24, 2.45) is 4.99 Å².